The van der Waals surface area contributed by atoms with Crippen molar-refractivity contribution in [2.45, 2.75) is 18.9 Å². The van der Waals surface area contributed by atoms with Gasteiger partial charge in [-0.3, -0.25) is 0 Å². The van der Waals surface area contributed by atoms with Gasteiger partial charge in [0.25, 0.3) is 0 Å². The third kappa shape index (κ3) is 3.19. The Morgan fingerprint density at radius 2 is 1.90 bits per heavy atom. The first-order valence-electron chi connectivity index (χ1n) is 7.47. The average Bonchev–Trinajstić information content (AvgIpc) is 2.53. The Balaban J connectivity index is 1.70. The number of anilines is 1. The van der Waals surface area contributed by atoms with Crippen LogP contribution in [0.15, 0.2) is 48.5 Å². The Kier molecular flexibility index (Phi) is 4.11. The van der Waals surface area contributed by atoms with E-state index in [1.165, 1.54) is 16.8 Å². The van der Waals surface area contributed by atoms with Crippen LogP contribution in [-0.2, 0) is 12.8 Å². The molecule has 0 fully saturated rings. The molecule has 0 saturated carbocycles. The van der Waals surface area contributed by atoms with E-state index in [0.717, 1.165) is 31.7 Å². The summed E-state index contributed by atoms with van der Waals surface area (Å²) >= 11 is 0. The smallest absolute Gasteiger partial charge is 0.118 e. The van der Waals surface area contributed by atoms with Gasteiger partial charge in [-0.1, -0.05) is 30.3 Å². The minimum Gasteiger partial charge on any atom is -0.497 e. The van der Waals surface area contributed by atoms with Crippen LogP contribution in [0.25, 0.3) is 0 Å². The molecule has 0 amide bonds. The lowest BCUT2D eigenvalue weighted by Crippen LogP contribution is -2.44. The molecule has 1 atom stereocenters. The molecule has 110 valence electrons. The standard InChI is InChI=1S/C18H22N2O/c1-21-17-8-6-14(7-9-17)10-11-20-13-16(19)12-15-4-2-3-5-18(15)20/h2-9,16H,10-13,19H2,1H3. The molecule has 3 heteroatoms. The van der Waals surface area contributed by atoms with Gasteiger partial charge in [0.1, 0.15) is 5.75 Å². The van der Waals surface area contributed by atoms with E-state index in [-0.39, 0.29) is 6.04 Å². The Bertz CT molecular complexity index is 594. The molecule has 2 aromatic rings. The molecular weight excluding hydrogens is 260 g/mol. The summed E-state index contributed by atoms with van der Waals surface area (Å²) in [4.78, 5) is 2.41. The third-order valence-electron chi connectivity index (χ3n) is 4.10. The van der Waals surface area contributed by atoms with Crippen molar-refractivity contribution in [3.8, 4) is 5.75 Å². The summed E-state index contributed by atoms with van der Waals surface area (Å²) in [5.74, 6) is 0.907. The third-order valence-corrected chi connectivity index (χ3v) is 4.10. The molecule has 2 N–H and O–H groups in total. The van der Waals surface area contributed by atoms with Gasteiger partial charge >= 0.3 is 0 Å². The number of fused-ring (bicyclic) bond motifs is 1. The van der Waals surface area contributed by atoms with Crippen molar-refractivity contribution in [2.24, 2.45) is 5.73 Å². The van der Waals surface area contributed by atoms with Gasteiger partial charge in [-0.15, -0.1) is 0 Å². The summed E-state index contributed by atoms with van der Waals surface area (Å²) in [5, 5.41) is 0. The molecule has 0 aliphatic carbocycles. The quantitative estimate of drug-likeness (QED) is 0.937. The lowest BCUT2D eigenvalue weighted by Gasteiger charge is -2.34. The number of methoxy groups -OCH3 is 1. The second-order valence-electron chi connectivity index (χ2n) is 5.64. The largest absolute Gasteiger partial charge is 0.497 e. The van der Waals surface area contributed by atoms with Gasteiger partial charge in [0, 0.05) is 24.8 Å². The zero-order valence-electron chi connectivity index (χ0n) is 12.5. The minimum atomic E-state index is 0.232. The lowest BCUT2D eigenvalue weighted by atomic mass is 9.98. The van der Waals surface area contributed by atoms with Crippen LogP contribution in [-0.4, -0.2) is 26.2 Å². The molecule has 0 spiro atoms. The van der Waals surface area contributed by atoms with Crippen LogP contribution >= 0.6 is 0 Å². The number of hydrogen-bond donors (Lipinski definition) is 1. The van der Waals surface area contributed by atoms with Gasteiger partial charge in [0.15, 0.2) is 0 Å². The van der Waals surface area contributed by atoms with Crippen molar-refractivity contribution in [3.63, 3.8) is 0 Å². The van der Waals surface area contributed by atoms with Gasteiger partial charge in [0.2, 0.25) is 0 Å². The molecule has 0 aromatic heterocycles. The molecule has 2 aromatic carbocycles. The van der Waals surface area contributed by atoms with E-state index in [2.05, 4.69) is 41.3 Å². The molecule has 21 heavy (non-hydrogen) atoms. The number of hydrogen-bond acceptors (Lipinski definition) is 3. The van der Waals surface area contributed by atoms with E-state index >= 15 is 0 Å². The number of nitrogens with two attached hydrogens (primary N) is 1. The molecule has 3 rings (SSSR count). The number of benzene rings is 2. The van der Waals surface area contributed by atoms with Crippen LogP contribution in [0.1, 0.15) is 11.1 Å². The average molecular weight is 282 g/mol. The van der Waals surface area contributed by atoms with Crippen LogP contribution in [0, 0.1) is 0 Å². The SMILES string of the molecule is COc1ccc(CCN2CC(N)Cc3ccccc32)cc1. The van der Waals surface area contributed by atoms with Crippen LogP contribution in [0.5, 0.6) is 5.75 Å². The fourth-order valence-electron chi connectivity index (χ4n) is 2.99. The molecule has 3 nitrogen and oxygen atoms in total. The summed E-state index contributed by atoms with van der Waals surface area (Å²) in [5.41, 5.74) is 10.2. The minimum absolute atomic E-state index is 0.232. The zero-order valence-corrected chi connectivity index (χ0v) is 12.5. The van der Waals surface area contributed by atoms with E-state index in [1.54, 1.807) is 7.11 Å². The molecular formula is C18H22N2O. The Morgan fingerprint density at radius 3 is 2.67 bits per heavy atom. The van der Waals surface area contributed by atoms with Gasteiger partial charge in [-0.05, 0) is 42.2 Å². The first-order valence-corrected chi connectivity index (χ1v) is 7.47. The van der Waals surface area contributed by atoms with Crippen molar-refractivity contribution in [1.29, 1.82) is 0 Å². The summed E-state index contributed by atoms with van der Waals surface area (Å²) in [7, 11) is 1.70. The molecule has 0 saturated heterocycles. The first-order chi connectivity index (χ1) is 10.3. The monoisotopic (exact) mass is 282 g/mol. The molecule has 1 unspecified atom stereocenters. The highest BCUT2D eigenvalue weighted by atomic mass is 16.5. The maximum atomic E-state index is 6.19. The van der Waals surface area contributed by atoms with Crippen LogP contribution in [0.2, 0.25) is 0 Å². The summed E-state index contributed by atoms with van der Waals surface area (Å²) in [6.45, 7) is 1.93. The maximum absolute atomic E-state index is 6.19. The van der Waals surface area contributed by atoms with E-state index in [0.29, 0.717) is 0 Å². The van der Waals surface area contributed by atoms with E-state index in [1.807, 2.05) is 12.1 Å². The van der Waals surface area contributed by atoms with Crippen molar-refractivity contribution < 1.29 is 4.74 Å². The molecule has 0 bridgehead atoms. The zero-order chi connectivity index (χ0) is 14.7. The van der Waals surface area contributed by atoms with Crippen molar-refractivity contribution >= 4 is 5.69 Å². The lowest BCUT2D eigenvalue weighted by molar-refractivity contribution is 0.414. The van der Waals surface area contributed by atoms with E-state index in [4.69, 9.17) is 10.5 Å². The van der Waals surface area contributed by atoms with Gasteiger partial charge in [0.05, 0.1) is 7.11 Å². The van der Waals surface area contributed by atoms with Gasteiger partial charge < -0.3 is 15.4 Å². The highest BCUT2D eigenvalue weighted by Crippen LogP contribution is 2.26. The number of ether oxygens (including phenoxy) is 1. The topological polar surface area (TPSA) is 38.5 Å². The molecule has 1 aliphatic rings. The van der Waals surface area contributed by atoms with Crippen molar-refractivity contribution in [1.82, 2.24) is 0 Å². The molecule has 1 heterocycles. The summed E-state index contributed by atoms with van der Waals surface area (Å²) in [6, 6.07) is 17.1. The molecule has 1 aliphatic heterocycles. The van der Waals surface area contributed by atoms with Gasteiger partial charge in [-0.25, -0.2) is 0 Å². The number of para-hydroxylation sites is 1. The van der Waals surface area contributed by atoms with Crippen LogP contribution < -0.4 is 15.4 Å². The van der Waals surface area contributed by atoms with Crippen LogP contribution in [0.4, 0.5) is 5.69 Å². The van der Waals surface area contributed by atoms with Crippen molar-refractivity contribution in [3.05, 3.63) is 59.7 Å². The van der Waals surface area contributed by atoms with Gasteiger partial charge in [-0.2, -0.15) is 0 Å². The fraction of sp³-hybridized carbons (Fsp3) is 0.333. The highest BCUT2D eigenvalue weighted by molar-refractivity contribution is 5.56. The van der Waals surface area contributed by atoms with Crippen LogP contribution in [0.3, 0.4) is 0 Å². The number of rotatable bonds is 4. The molecule has 0 radical (unpaired) electrons. The summed E-state index contributed by atoms with van der Waals surface area (Å²) < 4.78 is 5.20. The fourth-order valence-corrected chi connectivity index (χ4v) is 2.99. The Morgan fingerprint density at radius 1 is 1.14 bits per heavy atom. The second-order valence-corrected chi connectivity index (χ2v) is 5.64. The Labute approximate surface area is 126 Å². The predicted molar refractivity (Wildman–Crippen MR) is 87.0 cm³/mol. The Hall–Kier alpha value is -2.00. The summed E-state index contributed by atoms with van der Waals surface area (Å²) in [6.07, 6.45) is 2.00. The van der Waals surface area contributed by atoms with E-state index in [9.17, 15) is 0 Å². The van der Waals surface area contributed by atoms with Crippen molar-refractivity contribution in [2.75, 3.05) is 25.1 Å². The maximum Gasteiger partial charge on any atom is 0.118 e. The highest BCUT2D eigenvalue weighted by Gasteiger charge is 2.21. The number of nitrogens with zero attached hydrogens (tertiary/aromatic N) is 1. The second kappa shape index (κ2) is 6.19. The predicted octanol–water partition coefficient (Wildman–Crippen LogP) is 2.63. The normalized spacial score (nSPS) is 17.4. The van der Waals surface area contributed by atoms with E-state index < -0.39 is 0 Å². The first kappa shape index (κ1) is 14.0.